The Morgan fingerprint density at radius 2 is 1.39 bits per heavy atom. The largest absolute Gasteiger partial charge is 0.573 e. The van der Waals surface area contributed by atoms with Gasteiger partial charge in [0.2, 0.25) is 0 Å². The van der Waals surface area contributed by atoms with Crippen LogP contribution in [0.1, 0.15) is 12.5 Å². The first-order chi connectivity index (χ1) is 7.93. The van der Waals surface area contributed by atoms with Gasteiger partial charge in [-0.25, -0.2) is 0 Å². The van der Waals surface area contributed by atoms with E-state index in [9.17, 15) is 31.4 Å². The van der Waals surface area contributed by atoms with Gasteiger partial charge in [-0.15, -0.1) is 13.2 Å². The van der Waals surface area contributed by atoms with Gasteiger partial charge >= 0.3 is 12.5 Å². The lowest BCUT2D eigenvalue weighted by Crippen LogP contribution is -2.39. The van der Waals surface area contributed by atoms with E-state index in [2.05, 4.69) is 4.74 Å². The Balaban J connectivity index is 2.97. The number of halogens is 6. The normalized spacial score (nSPS) is 16.2. The molecule has 0 radical (unpaired) electrons. The van der Waals surface area contributed by atoms with Crippen molar-refractivity contribution in [3.05, 3.63) is 29.8 Å². The molecule has 18 heavy (non-hydrogen) atoms. The fourth-order valence-electron chi connectivity index (χ4n) is 1.14. The van der Waals surface area contributed by atoms with Gasteiger partial charge in [0.1, 0.15) is 5.75 Å². The standard InChI is InChI=1S/C10H8F6O2/c1-8(17,9(11,12)13)6-2-4-7(5-3-6)18-10(14,15)16/h2-5,17H,1H3. The highest BCUT2D eigenvalue weighted by molar-refractivity contribution is 5.31. The fourth-order valence-corrected chi connectivity index (χ4v) is 1.14. The molecule has 1 aromatic rings. The summed E-state index contributed by atoms with van der Waals surface area (Å²) in [6, 6.07) is 2.83. The monoisotopic (exact) mass is 274 g/mol. The zero-order valence-corrected chi connectivity index (χ0v) is 8.93. The van der Waals surface area contributed by atoms with Crippen molar-refractivity contribution in [1.82, 2.24) is 0 Å². The second kappa shape index (κ2) is 4.34. The summed E-state index contributed by atoms with van der Waals surface area (Å²) in [6.07, 6.45) is -9.85. The molecule has 0 spiro atoms. The number of rotatable bonds is 2. The molecule has 1 N–H and O–H groups in total. The Morgan fingerprint density at radius 1 is 0.944 bits per heavy atom. The van der Waals surface area contributed by atoms with E-state index in [1.807, 2.05) is 0 Å². The summed E-state index contributed by atoms with van der Waals surface area (Å²) >= 11 is 0. The van der Waals surface area contributed by atoms with Gasteiger partial charge in [0.25, 0.3) is 0 Å². The molecule has 1 unspecified atom stereocenters. The molecule has 0 aliphatic rings. The maximum Gasteiger partial charge on any atom is 0.573 e. The third-order valence-electron chi connectivity index (χ3n) is 2.20. The van der Waals surface area contributed by atoms with Crippen LogP contribution in [0.3, 0.4) is 0 Å². The quantitative estimate of drug-likeness (QED) is 0.838. The first kappa shape index (κ1) is 14.6. The Kier molecular flexibility index (Phi) is 3.53. The average Bonchev–Trinajstić information content (AvgIpc) is 2.14. The first-order valence-corrected chi connectivity index (χ1v) is 4.59. The molecule has 2 nitrogen and oxygen atoms in total. The summed E-state index contributed by atoms with van der Waals surface area (Å²) in [4.78, 5) is 0. The molecule has 1 rings (SSSR count). The second-order valence-electron chi connectivity index (χ2n) is 3.64. The van der Waals surface area contributed by atoms with Crippen molar-refractivity contribution < 1.29 is 36.2 Å². The number of hydrogen-bond acceptors (Lipinski definition) is 2. The second-order valence-corrected chi connectivity index (χ2v) is 3.64. The van der Waals surface area contributed by atoms with E-state index in [0.29, 0.717) is 31.2 Å². The van der Waals surface area contributed by atoms with Crippen molar-refractivity contribution in [1.29, 1.82) is 0 Å². The van der Waals surface area contributed by atoms with Gasteiger partial charge in [-0.2, -0.15) is 13.2 Å². The summed E-state index contributed by atoms with van der Waals surface area (Å²) in [5, 5.41) is 9.26. The molecule has 102 valence electrons. The molecule has 0 aliphatic carbocycles. The third kappa shape index (κ3) is 3.28. The minimum Gasteiger partial charge on any atom is -0.406 e. The molecule has 0 aliphatic heterocycles. The summed E-state index contributed by atoms with van der Waals surface area (Å²) < 4.78 is 76.2. The topological polar surface area (TPSA) is 29.5 Å². The highest BCUT2D eigenvalue weighted by atomic mass is 19.4. The number of aliphatic hydroxyl groups is 1. The van der Waals surface area contributed by atoms with Crippen LogP contribution in [0.2, 0.25) is 0 Å². The minimum absolute atomic E-state index is 0.507. The molecule has 8 heteroatoms. The molecule has 0 amide bonds. The Hall–Kier alpha value is -1.44. The van der Waals surface area contributed by atoms with E-state index in [1.54, 1.807) is 0 Å². The van der Waals surface area contributed by atoms with Crippen LogP contribution in [0.4, 0.5) is 26.3 Å². The Bertz CT molecular complexity index is 404. The molecule has 1 atom stereocenters. The molecule has 0 fully saturated rings. The van der Waals surface area contributed by atoms with Crippen LogP contribution in [0.25, 0.3) is 0 Å². The lowest BCUT2D eigenvalue weighted by molar-refractivity contribution is -0.274. The zero-order chi connectivity index (χ0) is 14.2. The molecule has 0 heterocycles. The van der Waals surface area contributed by atoms with E-state index in [-0.39, 0.29) is 0 Å². The summed E-state index contributed by atoms with van der Waals surface area (Å²) in [7, 11) is 0. The molecule has 0 bridgehead atoms. The van der Waals surface area contributed by atoms with Crippen LogP contribution in [0.15, 0.2) is 24.3 Å². The minimum atomic E-state index is -4.93. The van der Waals surface area contributed by atoms with Crippen molar-refractivity contribution in [2.75, 3.05) is 0 Å². The van der Waals surface area contributed by atoms with Crippen molar-refractivity contribution in [2.45, 2.75) is 25.1 Å². The lowest BCUT2D eigenvalue weighted by Gasteiger charge is -2.26. The zero-order valence-electron chi connectivity index (χ0n) is 8.93. The van der Waals surface area contributed by atoms with Gasteiger partial charge in [-0.05, 0) is 24.6 Å². The molecule has 1 aromatic carbocycles. The number of ether oxygens (including phenoxy) is 1. The van der Waals surface area contributed by atoms with Crippen LogP contribution >= 0.6 is 0 Å². The molecule has 0 saturated heterocycles. The van der Waals surface area contributed by atoms with E-state index in [4.69, 9.17) is 0 Å². The fraction of sp³-hybridized carbons (Fsp3) is 0.400. The Morgan fingerprint density at radius 3 is 1.72 bits per heavy atom. The molecular formula is C10H8F6O2. The van der Waals surface area contributed by atoms with Crippen molar-refractivity contribution >= 4 is 0 Å². The molecular weight excluding hydrogens is 266 g/mol. The van der Waals surface area contributed by atoms with Crippen LogP contribution < -0.4 is 4.74 Å². The summed E-state index contributed by atoms with van der Waals surface area (Å²) in [5.74, 6) is -0.663. The van der Waals surface area contributed by atoms with Gasteiger partial charge < -0.3 is 9.84 Å². The van der Waals surface area contributed by atoms with E-state index in [1.165, 1.54) is 0 Å². The van der Waals surface area contributed by atoms with Crippen LogP contribution in [-0.2, 0) is 5.60 Å². The average molecular weight is 274 g/mol. The van der Waals surface area contributed by atoms with E-state index in [0.717, 1.165) is 0 Å². The van der Waals surface area contributed by atoms with Gasteiger partial charge in [0, 0.05) is 0 Å². The first-order valence-electron chi connectivity index (χ1n) is 4.59. The van der Waals surface area contributed by atoms with Crippen LogP contribution in [-0.4, -0.2) is 17.6 Å². The third-order valence-corrected chi connectivity index (χ3v) is 2.20. The van der Waals surface area contributed by atoms with Gasteiger partial charge in [-0.1, -0.05) is 12.1 Å². The van der Waals surface area contributed by atoms with Gasteiger partial charge in [0.05, 0.1) is 0 Å². The predicted octanol–water partition coefficient (Wildman–Crippen LogP) is 3.36. The lowest BCUT2D eigenvalue weighted by atomic mass is 9.95. The summed E-state index contributed by atoms with van der Waals surface area (Å²) in [5.41, 5.74) is -3.71. The smallest absolute Gasteiger partial charge is 0.406 e. The van der Waals surface area contributed by atoms with Crippen molar-refractivity contribution in [2.24, 2.45) is 0 Å². The number of benzene rings is 1. The van der Waals surface area contributed by atoms with E-state index >= 15 is 0 Å². The van der Waals surface area contributed by atoms with Gasteiger partial charge in [-0.3, -0.25) is 0 Å². The van der Waals surface area contributed by atoms with Crippen molar-refractivity contribution in [3.8, 4) is 5.75 Å². The predicted molar refractivity (Wildman–Crippen MR) is 48.8 cm³/mol. The Labute approximate surface area is 97.8 Å². The highest BCUT2D eigenvalue weighted by Gasteiger charge is 2.51. The van der Waals surface area contributed by atoms with Crippen molar-refractivity contribution in [3.63, 3.8) is 0 Å². The number of hydrogen-bond donors (Lipinski definition) is 1. The molecule has 0 saturated carbocycles. The SMILES string of the molecule is CC(O)(c1ccc(OC(F)(F)F)cc1)C(F)(F)F. The van der Waals surface area contributed by atoms with Crippen LogP contribution in [0.5, 0.6) is 5.75 Å². The van der Waals surface area contributed by atoms with Gasteiger partial charge in [0.15, 0.2) is 5.60 Å². The maximum absolute atomic E-state index is 12.4. The van der Waals surface area contributed by atoms with Crippen LogP contribution in [0, 0.1) is 0 Å². The maximum atomic E-state index is 12.4. The number of alkyl halides is 6. The van der Waals surface area contributed by atoms with E-state index < -0.39 is 29.5 Å². The highest BCUT2D eigenvalue weighted by Crippen LogP contribution is 2.39. The summed E-state index contributed by atoms with van der Waals surface area (Å²) in [6.45, 7) is 0.507. The molecule has 0 aromatic heterocycles.